The number of aliphatic carboxylic acids is 1. The van der Waals surface area contributed by atoms with Crippen LogP contribution >= 0.6 is 0 Å². The fraction of sp³-hybridized carbons (Fsp3) is 0.633. The van der Waals surface area contributed by atoms with E-state index in [2.05, 4.69) is 34.0 Å². The molecule has 2 N–H and O–H groups in total. The topological polar surface area (TPSA) is 96.8 Å². The van der Waals surface area contributed by atoms with Crippen molar-refractivity contribution in [1.29, 1.82) is 0 Å². The van der Waals surface area contributed by atoms with Gasteiger partial charge < -0.3 is 24.8 Å². The molecule has 0 saturated carbocycles. The van der Waals surface area contributed by atoms with E-state index in [1.807, 2.05) is 41.5 Å². The monoisotopic (exact) mass is 544 g/mol. The zero-order valence-corrected chi connectivity index (χ0v) is 24.9. The van der Waals surface area contributed by atoms with Gasteiger partial charge in [0.25, 0.3) is 0 Å². The minimum atomic E-state index is -1.24. The Morgan fingerprint density at radius 1 is 1.15 bits per heavy atom. The summed E-state index contributed by atoms with van der Waals surface area (Å²) in [6.07, 6.45) is 3.87. The Kier molecular flexibility index (Phi) is 9.27. The number of aromatic nitrogens is 2. The normalized spacial score (nSPS) is 16.7. The van der Waals surface area contributed by atoms with E-state index < -0.39 is 23.5 Å². The molecule has 2 aromatic rings. The van der Waals surface area contributed by atoms with Crippen LogP contribution in [0.15, 0.2) is 18.5 Å². The first kappa shape index (κ1) is 30.8. The minimum absolute atomic E-state index is 0.0695. The molecule has 1 atom stereocenters. The number of aryl methyl sites for hydroxylation is 1. The molecule has 2 aromatic heterocycles. The Morgan fingerprint density at radius 3 is 2.33 bits per heavy atom. The molecule has 1 fully saturated rings. The molecule has 3 rings (SSSR count). The van der Waals surface area contributed by atoms with Gasteiger partial charge in [0.15, 0.2) is 11.9 Å². The standard InChI is InChI=1S/C30H45FN4O4/c1-19-23(25(27(36)37)39-29(5,6)7)24(35-13-10-30(8,9)11-14-35)21(18-32-19)20-16-22(31)26(33-17-20)38-15-12-34-28(2,3)4/h16-18,25,34H,10-15H2,1-9H3,(H,36,37)/t25-/m0/s1. The van der Waals surface area contributed by atoms with Crippen LogP contribution in [-0.4, -0.2) is 58.4 Å². The molecule has 39 heavy (non-hydrogen) atoms. The Balaban J connectivity index is 2.06. The van der Waals surface area contributed by atoms with Crippen molar-refractivity contribution in [2.75, 3.05) is 31.1 Å². The molecule has 0 spiro atoms. The van der Waals surface area contributed by atoms with Crippen molar-refractivity contribution in [3.63, 3.8) is 0 Å². The lowest BCUT2D eigenvalue weighted by atomic mass is 9.82. The fourth-order valence-corrected chi connectivity index (χ4v) is 4.65. The van der Waals surface area contributed by atoms with E-state index in [0.29, 0.717) is 34.6 Å². The smallest absolute Gasteiger partial charge is 0.337 e. The summed E-state index contributed by atoms with van der Waals surface area (Å²) in [5.41, 5.74) is 2.29. The number of hydrogen-bond acceptors (Lipinski definition) is 7. The van der Waals surface area contributed by atoms with Crippen LogP contribution in [0.2, 0.25) is 0 Å². The molecule has 1 aliphatic rings. The van der Waals surface area contributed by atoms with Crippen LogP contribution < -0.4 is 15.0 Å². The third-order valence-corrected chi connectivity index (χ3v) is 6.79. The number of carboxylic acid groups (broad SMARTS) is 1. The summed E-state index contributed by atoms with van der Waals surface area (Å²) in [5.74, 6) is -1.75. The Bertz CT molecular complexity index is 1160. The summed E-state index contributed by atoms with van der Waals surface area (Å²) in [5, 5.41) is 13.5. The number of nitrogens with zero attached hydrogens (tertiary/aromatic N) is 3. The lowest BCUT2D eigenvalue weighted by molar-refractivity contribution is -0.160. The van der Waals surface area contributed by atoms with E-state index in [4.69, 9.17) is 9.47 Å². The van der Waals surface area contributed by atoms with E-state index in [0.717, 1.165) is 25.9 Å². The molecule has 8 nitrogen and oxygen atoms in total. The van der Waals surface area contributed by atoms with Gasteiger partial charge in [0.05, 0.1) is 11.3 Å². The largest absolute Gasteiger partial charge is 0.479 e. The molecule has 1 saturated heterocycles. The number of halogens is 1. The van der Waals surface area contributed by atoms with Crippen LogP contribution in [0.1, 0.15) is 85.6 Å². The SMILES string of the molecule is Cc1ncc(-c2cnc(OCCNC(C)(C)C)c(F)c2)c(N2CCC(C)(C)CC2)c1[C@H](OC(C)(C)C)C(=O)O. The third kappa shape index (κ3) is 8.35. The molecule has 0 bridgehead atoms. The summed E-state index contributed by atoms with van der Waals surface area (Å²) < 4.78 is 26.9. The lowest BCUT2D eigenvalue weighted by Gasteiger charge is -2.40. The van der Waals surface area contributed by atoms with Gasteiger partial charge in [-0.1, -0.05) is 13.8 Å². The number of nitrogens with one attached hydrogen (secondary N) is 1. The van der Waals surface area contributed by atoms with Crippen LogP contribution in [0.4, 0.5) is 10.1 Å². The predicted octanol–water partition coefficient (Wildman–Crippen LogP) is 5.93. The van der Waals surface area contributed by atoms with E-state index in [-0.39, 0.29) is 23.4 Å². The average Bonchev–Trinajstić information content (AvgIpc) is 2.80. The van der Waals surface area contributed by atoms with Crippen LogP contribution in [-0.2, 0) is 9.53 Å². The number of carboxylic acids is 1. The van der Waals surface area contributed by atoms with Crippen molar-refractivity contribution in [3.05, 3.63) is 35.5 Å². The van der Waals surface area contributed by atoms with E-state index in [9.17, 15) is 9.90 Å². The highest BCUT2D eigenvalue weighted by Gasteiger charge is 2.36. The minimum Gasteiger partial charge on any atom is -0.479 e. The van der Waals surface area contributed by atoms with Gasteiger partial charge in [-0.05, 0) is 72.8 Å². The number of pyridine rings is 2. The number of rotatable bonds is 9. The first-order valence-corrected chi connectivity index (χ1v) is 13.7. The van der Waals surface area contributed by atoms with Gasteiger partial charge in [-0.3, -0.25) is 4.98 Å². The van der Waals surface area contributed by atoms with Gasteiger partial charge in [0, 0.05) is 60.0 Å². The summed E-state index contributed by atoms with van der Waals surface area (Å²) in [4.78, 5) is 23.5. The second-order valence-corrected chi connectivity index (χ2v) is 13.2. The second-order valence-electron chi connectivity index (χ2n) is 13.2. The van der Waals surface area contributed by atoms with Gasteiger partial charge in [-0.25, -0.2) is 14.2 Å². The zero-order valence-electron chi connectivity index (χ0n) is 24.9. The molecule has 1 aliphatic heterocycles. The number of carbonyl (C=O) groups is 1. The molecule has 0 amide bonds. The summed E-state index contributed by atoms with van der Waals surface area (Å²) in [6, 6.07) is 1.38. The summed E-state index contributed by atoms with van der Waals surface area (Å²) >= 11 is 0. The van der Waals surface area contributed by atoms with Crippen molar-refractivity contribution >= 4 is 11.7 Å². The predicted molar refractivity (Wildman–Crippen MR) is 152 cm³/mol. The summed E-state index contributed by atoms with van der Waals surface area (Å²) in [6.45, 7) is 20.2. The number of piperidine rings is 1. The van der Waals surface area contributed by atoms with E-state index >= 15 is 4.39 Å². The number of hydrogen-bond donors (Lipinski definition) is 2. The van der Waals surface area contributed by atoms with E-state index in [1.54, 1.807) is 19.3 Å². The quantitative estimate of drug-likeness (QED) is 0.375. The fourth-order valence-electron chi connectivity index (χ4n) is 4.65. The molecule has 3 heterocycles. The number of ether oxygens (including phenoxy) is 2. The molecule has 0 radical (unpaired) electrons. The first-order valence-electron chi connectivity index (χ1n) is 13.7. The summed E-state index contributed by atoms with van der Waals surface area (Å²) in [7, 11) is 0. The lowest BCUT2D eigenvalue weighted by Crippen LogP contribution is -2.39. The highest BCUT2D eigenvalue weighted by atomic mass is 19.1. The van der Waals surface area contributed by atoms with E-state index in [1.165, 1.54) is 6.07 Å². The Morgan fingerprint density at radius 2 is 1.79 bits per heavy atom. The molecule has 0 aromatic carbocycles. The highest BCUT2D eigenvalue weighted by Crippen LogP contribution is 2.43. The molecule has 0 aliphatic carbocycles. The van der Waals surface area contributed by atoms with Crippen LogP contribution in [0.25, 0.3) is 11.1 Å². The van der Waals surface area contributed by atoms with Crippen LogP contribution in [0.5, 0.6) is 5.88 Å². The van der Waals surface area contributed by atoms with Gasteiger partial charge in [-0.15, -0.1) is 0 Å². The van der Waals surface area contributed by atoms with Crippen LogP contribution in [0, 0.1) is 18.2 Å². The maximum absolute atomic E-state index is 15.2. The number of anilines is 1. The second kappa shape index (κ2) is 11.8. The van der Waals surface area contributed by atoms with Crippen molar-refractivity contribution in [1.82, 2.24) is 15.3 Å². The maximum Gasteiger partial charge on any atom is 0.337 e. The van der Waals surface area contributed by atoms with Gasteiger partial charge in [0.1, 0.15) is 6.61 Å². The van der Waals surface area contributed by atoms with Gasteiger partial charge in [0.2, 0.25) is 5.88 Å². The maximum atomic E-state index is 15.2. The van der Waals surface area contributed by atoms with Crippen molar-refractivity contribution in [2.45, 2.75) is 92.4 Å². The average molecular weight is 545 g/mol. The molecular formula is C30H45FN4O4. The molecular weight excluding hydrogens is 499 g/mol. The van der Waals surface area contributed by atoms with Gasteiger partial charge >= 0.3 is 5.97 Å². The van der Waals surface area contributed by atoms with Crippen molar-refractivity contribution in [3.8, 4) is 17.0 Å². The Hall–Kier alpha value is -2.78. The zero-order chi connectivity index (χ0) is 29.2. The highest BCUT2D eigenvalue weighted by molar-refractivity contribution is 5.86. The van der Waals surface area contributed by atoms with Crippen molar-refractivity contribution < 1.29 is 23.8 Å². The molecule has 216 valence electrons. The molecule has 0 unspecified atom stereocenters. The van der Waals surface area contributed by atoms with Gasteiger partial charge in [-0.2, -0.15) is 0 Å². The first-order chi connectivity index (χ1) is 18.0. The molecule has 9 heteroatoms. The Labute approximate surface area is 232 Å². The third-order valence-electron chi connectivity index (χ3n) is 6.79. The van der Waals surface area contributed by atoms with Crippen LogP contribution in [0.3, 0.4) is 0 Å². The van der Waals surface area contributed by atoms with Crippen molar-refractivity contribution in [2.24, 2.45) is 5.41 Å².